The molecule has 3 nitrogen and oxygen atoms in total. The van der Waals surface area contributed by atoms with Gasteiger partial charge in [0.25, 0.3) is 0 Å². The lowest BCUT2D eigenvalue weighted by atomic mass is 9.41. The van der Waals surface area contributed by atoms with Crippen LogP contribution in [0.25, 0.3) is 0 Å². The molecule has 4 aliphatic carbocycles. The summed E-state index contributed by atoms with van der Waals surface area (Å²) in [7, 11) is 0. The van der Waals surface area contributed by atoms with Crippen LogP contribution in [0.3, 0.4) is 0 Å². The molecule has 0 spiro atoms. The first-order chi connectivity index (χ1) is 10.7. The Morgan fingerprint density at radius 1 is 1.22 bits per heavy atom. The van der Waals surface area contributed by atoms with E-state index in [9.17, 15) is 15.0 Å². The van der Waals surface area contributed by atoms with Crippen molar-refractivity contribution in [3.05, 3.63) is 12.2 Å². The van der Waals surface area contributed by atoms with Gasteiger partial charge in [0.05, 0.1) is 6.61 Å². The number of carbonyl (C=O) groups excluding carboxylic acids is 1. The van der Waals surface area contributed by atoms with Crippen LogP contribution in [0.1, 0.15) is 52.9 Å². The average Bonchev–Trinajstić information content (AvgIpc) is 2.85. The monoisotopic (exact) mass is 318 g/mol. The van der Waals surface area contributed by atoms with E-state index < -0.39 is 6.10 Å². The van der Waals surface area contributed by atoms with Gasteiger partial charge >= 0.3 is 0 Å². The first-order valence-electron chi connectivity index (χ1n) is 9.24. The second-order valence-corrected chi connectivity index (χ2v) is 9.75. The molecule has 4 rings (SSSR count). The third-order valence-corrected chi connectivity index (χ3v) is 8.15. The number of allylic oxidation sites excluding steroid dienone is 1. The van der Waals surface area contributed by atoms with Crippen LogP contribution in [0.4, 0.5) is 0 Å². The number of hydrogen-bond donors (Lipinski definition) is 2. The number of Topliss-reactive ketones (excluding diaryl/α,β-unsaturated/α-hetero) is 1. The van der Waals surface area contributed by atoms with Gasteiger partial charge in [-0.05, 0) is 54.8 Å². The Morgan fingerprint density at radius 2 is 1.96 bits per heavy atom. The van der Waals surface area contributed by atoms with Crippen molar-refractivity contribution in [3.63, 3.8) is 0 Å². The highest BCUT2D eigenvalue weighted by molar-refractivity contribution is 5.85. The number of aliphatic hydroxyl groups is 2. The van der Waals surface area contributed by atoms with E-state index in [0.29, 0.717) is 30.1 Å². The van der Waals surface area contributed by atoms with Gasteiger partial charge in [-0.1, -0.05) is 32.9 Å². The highest BCUT2D eigenvalue weighted by Gasteiger charge is 2.64. The van der Waals surface area contributed by atoms with E-state index in [4.69, 9.17) is 0 Å². The molecule has 0 amide bonds. The number of fused-ring (bicyclic) bond motifs is 6. The normalized spacial score (nSPS) is 53.8. The van der Waals surface area contributed by atoms with Gasteiger partial charge in [0, 0.05) is 17.3 Å². The summed E-state index contributed by atoms with van der Waals surface area (Å²) in [6.07, 6.45) is 8.51. The Bertz CT molecular complexity index is 565. The van der Waals surface area contributed by atoms with Gasteiger partial charge in [-0.25, -0.2) is 0 Å². The summed E-state index contributed by atoms with van der Waals surface area (Å²) in [5, 5.41) is 20.9. The zero-order valence-electron chi connectivity index (χ0n) is 14.6. The fraction of sp³-hybridized carbons (Fsp3) is 0.850. The summed E-state index contributed by atoms with van der Waals surface area (Å²) < 4.78 is 0. The van der Waals surface area contributed by atoms with Crippen molar-refractivity contribution in [3.8, 4) is 0 Å². The summed E-state index contributed by atoms with van der Waals surface area (Å²) >= 11 is 0. The standard InChI is InChI=1S/C20H30O3/c1-18(2)10-15(22)17(23)19(3)14-9-20(11-21)7-6-12(8-20)13(14)4-5-16(18)19/h6-7,12-14,16-17,21,23H,4-5,8-11H2,1-3H3/t12-,13+,14+,16+,17-,19-,20-/m0/s1. The molecule has 2 bridgehead atoms. The molecule has 7 atom stereocenters. The average molecular weight is 318 g/mol. The minimum atomic E-state index is -0.832. The molecule has 4 aliphatic rings. The second-order valence-electron chi connectivity index (χ2n) is 9.75. The Morgan fingerprint density at radius 3 is 2.65 bits per heavy atom. The summed E-state index contributed by atoms with van der Waals surface area (Å²) in [5.41, 5.74) is -0.486. The maximum Gasteiger partial charge on any atom is 0.162 e. The van der Waals surface area contributed by atoms with E-state index in [-0.39, 0.29) is 28.6 Å². The van der Waals surface area contributed by atoms with Gasteiger partial charge in [-0.3, -0.25) is 4.79 Å². The highest BCUT2D eigenvalue weighted by atomic mass is 16.3. The number of ketones is 1. The van der Waals surface area contributed by atoms with Gasteiger partial charge < -0.3 is 10.2 Å². The number of aliphatic hydroxyl groups excluding tert-OH is 2. The number of rotatable bonds is 1. The predicted octanol–water partition coefficient (Wildman–Crippen LogP) is 2.95. The van der Waals surface area contributed by atoms with E-state index in [0.717, 1.165) is 19.3 Å². The van der Waals surface area contributed by atoms with Crippen molar-refractivity contribution < 1.29 is 15.0 Å². The van der Waals surface area contributed by atoms with Crippen LogP contribution >= 0.6 is 0 Å². The van der Waals surface area contributed by atoms with E-state index in [2.05, 4.69) is 32.9 Å². The van der Waals surface area contributed by atoms with Gasteiger partial charge in [0.15, 0.2) is 5.78 Å². The first kappa shape index (κ1) is 15.8. The van der Waals surface area contributed by atoms with E-state index in [1.807, 2.05) is 0 Å². The van der Waals surface area contributed by atoms with Crippen molar-refractivity contribution in [1.82, 2.24) is 0 Å². The topological polar surface area (TPSA) is 57.5 Å². The molecule has 0 radical (unpaired) electrons. The molecule has 0 aromatic heterocycles. The molecule has 23 heavy (non-hydrogen) atoms. The van der Waals surface area contributed by atoms with Crippen molar-refractivity contribution >= 4 is 5.78 Å². The van der Waals surface area contributed by atoms with E-state index in [1.54, 1.807) is 0 Å². The van der Waals surface area contributed by atoms with E-state index >= 15 is 0 Å². The van der Waals surface area contributed by atoms with Crippen LogP contribution in [-0.2, 0) is 4.79 Å². The second kappa shape index (κ2) is 4.70. The number of hydrogen-bond acceptors (Lipinski definition) is 3. The lowest BCUT2D eigenvalue weighted by Gasteiger charge is -2.63. The fourth-order valence-corrected chi connectivity index (χ4v) is 7.12. The third kappa shape index (κ3) is 1.93. The van der Waals surface area contributed by atoms with Crippen LogP contribution in [0.5, 0.6) is 0 Å². The Hall–Kier alpha value is -0.670. The molecule has 3 heteroatoms. The molecule has 0 heterocycles. The van der Waals surface area contributed by atoms with Crippen molar-refractivity contribution in [2.45, 2.75) is 59.0 Å². The van der Waals surface area contributed by atoms with Crippen LogP contribution in [0.15, 0.2) is 12.2 Å². The first-order valence-corrected chi connectivity index (χ1v) is 9.24. The molecule has 0 saturated heterocycles. The summed E-state index contributed by atoms with van der Waals surface area (Å²) in [5.74, 6) is 1.83. The maximum absolute atomic E-state index is 12.6. The van der Waals surface area contributed by atoms with Crippen LogP contribution in [0.2, 0.25) is 0 Å². The Labute approximate surface area is 139 Å². The lowest BCUT2D eigenvalue weighted by Crippen LogP contribution is -2.63. The van der Waals surface area contributed by atoms with Gasteiger partial charge in [0.2, 0.25) is 0 Å². The number of carbonyl (C=O) groups is 1. The lowest BCUT2D eigenvalue weighted by molar-refractivity contribution is -0.192. The molecule has 0 aromatic carbocycles. The van der Waals surface area contributed by atoms with Crippen molar-refractivity contribution in [2.24, 2.45) is 39.9 Å². The molecule has 3 saturated carbocycles. The highest BCUT2D eigenvalue weighted by Crippen LogP contribution is 2.67. The van der Waals surface area contributed by atoms with Crippen LogP contribution < -0.4 is 0 Å². The Kier molecular flexibility index (Phi) is 3.23. The molecule has 0 aliphatic heterocycles. The fourth-order valence-electron chi connectivity index (χ4n) is 7.12. The zero-order chi connectivity index (χ0) is 16.6. The van der Waals surface area contributed by atoms with Crippen molar-refractivity contribution in [1.29, 1.82) is 0 Å². The summed E-state index contributed by atoms with van der Waals surface area (Å²) in [6, 6.07) is 0. The van der Waals surface area contributed by atoms with E-state index in [1.165, 1.54) is 6.42 Å². The maximum atomic E-state index is 12.6. The molecule has 3 fully saturated rings. The van der Waals surface area contributed by atoms with Gasteiger partial charge in [-0.2, -0.15) is 0 Å². The van der Waals surface area contributed by atoms with Gasteiger partial charge in [-0.15, -0.1) is 0 Å². The SMILES string of the molecule is CC1(C)CC(=O)[C@H](O)[C@@]2(C)[C@@H]3C[C@]4(CO)C=C[C@@H](C4)[C@H]3CC[C@H]12. The summed E-state index contributed by atoms with van der Waals surface area (Å²) in [6.45, 7) is 6.78. The molecular weight excluding hydrogens is 288 g/mol. The quantitative estimate of drug-likeness (QED) is 0.731. The van der Waals surface area contributed by atoms with Gasteiger partial charge in [0.1, 0.15) is 6.10 Å². The minimum Gasteiger partial charge on any atom is -0.395 e. The molecule has 2 N–H and O–H groups in total. The summed E-state index contributed by atoms with van der Waals surface area (Å²) in [4.78, 5) is 12.6. The molecular formula is C20H30O3. The molecule has 128 valence electrons. The molecule has 0 unspecified atom stereocenters. The zero-order valence-corrected chi connectivity index (χ0v) is 14.6. The van der Waals surface area contributed by atoms with Crippen LogP contribution in [-0.4, -0.2) is 28.7 Å². The minimum absolute atomic E-state index is 0.0262. The smallest absolute Gasteiger partial charge is 0.162 e. The largest absolute Gasteiger partial charge is 0.395 e. The third-order valence-electron chi connectivity index (χ3n) is 8.15. The Balaban J connectivity index is 1.78. The predicted molar refractivity (Wildman–Crippen MR) is 88.6 cm³/mol. The van der Waals surface area contributed by atoms with Crippen LogP contribution in [0, 0.1) is 39.9 Å². The molecule has 0 aromatic rings. The van der Waals surface area contributed by atoms with Crippen molar-refractivity contribution in [2.75, 3.05) is 6.61 Å².